The fourth-order valence-electron chi connectivity index (χ4n) is 5.54. The Labute approximate surface area is 256 Å². The van der Waals surface area contributed by atoms with E-state index < -0.39 is 0 Å². The van der Waals surface area contributed by atoms with E-state index in [1.807, 2.05) is 44.4 Å². The standard InChI is InChI=1S/C33H39N9O2/c1-40(2)15-5-7-30(43)35-14-12-31(44)38-26(18-25-19-34-21-37-25)23-10-11-28-27(16-23)39-33(41(28)3)29-17-24-6-4-13-36-32(24)42(29)20-22-8-9-22/h4-7,10-11,13,16-17,19,21-22,26H,8-9,12,14-15,18,20H2,1-3H3,(H,34,37)(H,35,43)(H,38,44)/b7-5+. The van der Waals surface area contributed by atoms with Crippen molar-refractivity contribution in [1.82, 2.24) is 44.6 Å². The summed E-state index contributed by atoms with van der Waals surface area (Å²) in [5.74, 6) is 1.22. The maximum atomic E-state index is 13.0. The van der Waals surface area contributed by atoms with Gasteiger partial charge in [-0.25, -0.2) is 15.0 Å². The molecule has 1 aliphatic carbocycles. The van der Waals surface area contributed by atoms with Gasteiger partial charge in [0, 0.05) is 69.1 Å². The first-order valence-corrected chi connectivity index (χ1v) is 15.1. The van der Waals surface area contributed by atoms with Crippen molar-refractivity contribution < 1.29 is 9.59 Å². The molecule has 1 saturated carbocycles. The van der Waals surface area contributed by atoms with Crippen molar-refractivity contribution in [3.63, 3.8) is 0 Å². The highest BCUT2D eigenvalue weighted by Gasteiger charge is 2.26. The number of nitrogens with zero attached hydrogens (tertiary/aromatic N) is 6. The Balaban J connectivity index is 1.23. The molecule has 6 rings (SSSR count). The van der Waals surface area contributed by atoms with Gasteiger partial charge in [-0.3, -0.25) is 9.59 Å². The van der Waals surface area contributed by atoms with E-state index in [4.69, 9.17) is 9.97 Å². The minimum absolute atomic E-state index is 0.147. The molecule has 1 unspecified atom stereocenters. The van der Waals surface area contributed by atoms with E-state index in [0.717, 1.165) is 51.4 Å². The minimum atomic E-state index is -0.306. The van der Waals surface area contributed by atoms with Gasteiger partial charge in [0.25, 0.3) is 0 Å². The number of imidazole rings is 2. The first-order chi connectivity index (χ1) is 21.4. The van der Waals surface area contributed by atoms with Gasteiger partial charge in [-0.15, -0.1) is 0 Å². The third-order valence-electron chi connectivity index (χ3n) is 8.03. The normalized spacial score (nSPS) is 14.2. The molecule has 44 heavy (non-hydrogen) atoms. The molecule has 0 bridgehead atoms. The highest BCUT2D eigenvalue weighted by Crippen LogP contribution is 2.36. The average Bonchev–Trinajstić information content (AvgIpc) is 3.38. The van der Waals surface area contributed by atoms with Crippen LogP contribution < -0.4 is 10.6 Å². The Kier molecular flexibility index (Phi) is 8.56. The summed E-state index contributed by atoms with van der Waals surface area (Å²) in [4.78, 5) is 44.2. The Bertz CT molecular complexity index is 1790. The zero-order valence-corrected chi connectivity index (χ0v) is 25.5. The van der Waals surface area contributed by atoms with Crippen molar-refractivity contribution in [3.05, 3.63) is 78.5 Å². The summed E-state index contributed by atoms with van der Waals surface area (Å²) >= 11 is 0. The van der Waals surface area contributed by atoms with Crippen LogP contribution in [0, 0.1) is 5.92 Å². The van der Waals surface area contributed by atoms with Crippen LogP contribution in [-0.4, -0.2) is 73.0 Å². The zero-order chi connectivity index (χ0) is 30.6. The predicted octanol–water partition coefficient (Wildman–Crippen LogP) is 3.75. The Morgan fingerprint density at radius 2 is 2.07 bits per heavy atom. The lowest BCUT2D eigenvalue weighted by atomic mass is 10.0. The molecule has 1 aromatic carbocycles. The van der Waals surface area contributed by atoms with Crippen molar-refractivity contribution in [3.8, 4) is 11.5 Å². The molecule has 1 aliphatic rings. The SMILES string of the molecule is CN(C)C/C=C/C(=O)NCCC(=O)NC(Cc1cnc[nH]1)c1ccc2c(c1)nc(-c1cc3cccnc3n1CC1CC1)n2C. The topological polar surface area (TPSA) is 126 Å². The second-order valence-electron chi connectivity index (χ2n) is 11.8. The number of aryl methyl sites for hydroxylation is 1. The van der Waals surface area contributed by atoms with Crippen LogP contribution in [0.3, 0.4) is 0 Å². The lowest BCUT2D eigenvalue weighted by molar-refractivity contribution is -0.122. The van der Waals surface area contributed by atoms with Crippen molar-refractivity contribution in [1.29, 1.82) is 0 Å². The molecule has 4 heterocycles. The monoisotopic (exact) mass is 593 g/mol. The molecular weight excluding hydrogens is 554 g/mol. The van der Waals surface area contributed by atoms with Crippen LogP contribution in [0.25, 0.3) is 33.6 Å². The second-order valence-corrected chi connectivity index (χ2v) is 11.8. The molecule has 3 N–H and O–H groups in total. The van der Waals surface area contributed by atoms with Gasteiger partial charge < -0.3 is 29.7 Å². The lowest BCUT2D eigenvalue weighted by Crippen LogP contribution is -2.33. The van der Waals surface area contributed by atoms with Gasteiger partial charge >= 0.3 is 0 Å². The summed E-state index contributed by atoms with van der Waals surface area (Å²) in [5.41, 5.74) is 5.78. The van der Waals surface area contributed by atoms with Crippen molar-refractivity contribution in [2.75, 3.05) is 27.2 Å². The summed E-state index contributed by atoms with van der Waals surface area (Å²) in [7, 11) is 5.92. The summed E-state index contributed by atoms with van der Waals surface area (Å²) in [6, 6.07) is 12.1. The molecule has 0 aliphatic heterocycles. The minimum Gasteiger partial charge on any atom is -0.352 e. The Morgan fingerprint density at radius 3 is 2.84 bits per heavy atom. The zero-order valence-electron chi connectivity index (χ0n) is 25.5. The molecule has 5 aromatic rings. The number of H-pyrrole nitrogens is 1. The van der Waals surface area contributed by atoms with Crippen LogP contribution in [-0.2, 0) is 29.6 Å². The van der Waals surface area contributed by atoms with E-state index in [-0.39, 0.29) is 30.8 Å². The third kappa shape index (κ3) is 6.73. The van der Waals surface area contributed by atoms with Gasteiger partial charge in [0.1, 0.15) is 5.65 Å². The Hall–Kier alpha value is -4.77. The van der Waals surface area contributed by atoms with E-state index >= 15 is 0 Å². The summed E-state index contributed by atoms with van der Waals surface area (Å²) in [6.07, 6.45) is 11.8. The van der Waals surface area contributed by atoms with Gasteiger partial charge in [0.2, 0.25) is 11.8 Å². The molecule has 4 aromatic heterocycles. The molecule has 2 amide bonds. The fourth-order valence-corrected chi connectivity index (χ4v) is 5.54. The van der Waals surface area contributed by atoms with Crippen molar-refractivity contribution in [2.24, 2.45) is 13.0 Å². The van der Waals surface area contributed by atoms with E-state index in [1.165, 1.54) is 18.9 Å². The molecule has 0 radical (unpaired) electrons. The van der Waals surface area contributed by atoms with Gasteiger partial charge in [0.05, 0.1) is 29.1 Å². The molecule has 11 nitrogen and oxygen atoms in total. The molecule has 0 spiro atoms. The second kappa shape index (κ2) is 12.8. The molecule has 1 fully saturated rings. The highest BCUT2D eigenvalue weighted by molar-refractivity contribution is 5.88. The number of amides is 2. The summed E-state index contributed by atoms with van der Waals surface area (Å²) < 4.78 is 4.45. The Morgan fingerprint density at radius 1 is 1.20 bits per heavy atom. The predicted molar refractivity (Wildman–Crippen MR) is 171 cm³/mol. The van der Waals surface area contributed by atoms with Crippen LogP contribution in [0.2, 0.25) is 0 Å². The van der Waals surface area contributed by atoms with Gasteiger partial charge in [-0.05, 0) is 68.8 Å². The number of likely N-dealkylation sites (N-methyl/N-ethyl adjacent to an activating group) is 1. The highest BCUT2D eigenvalue weighted by atomic mass is 16.2. The van der Waals surface area contributed by atoms with Crippen molar-refractivity contribution >= 4 is 33.9 Å². The smallest absolute Gasteiger partial charge is 0.243 e. The van der Waals surface area contributed by atoms with E-state index in [0.29, 0.717) is 18.9 Å². The average molecular weight is 594 g/mol. The maximum absolute atomic E-state index is 13.0. The molecular formula is C33H39N9O2. The van der Waals surface area contributed by atoms with E-state index in [1.54, 1.807) is 18.6 Å². The number of rotatable bonds is 13. The number of hydrogen-bond acceptors (Lipinski definition) is 6. The summed E-state index contributed by atoms with van der Waals surface area (Å²) in [6.45, 7) is 1.86. The number of nitrogens with one attached hydrogen (secondary N) is 3. The molecule has 1 atom stereocenters. The third-order valence-corrected chi connectivity index (χ3v) is 8.03. The molecule has 0 saturated heterocycles. The summed E-state index contributed by atoms with van der Waals surface area (Å²) in [5, 5.41) is 7.06. The van der Waals surface area contributed by atoms with Gasteiger partial charge in [-0.1, -0.05) is 12.1 Å². The van der Waals surface area contributed by atoms with Crippen LogP contribution in [0.4, 0.5) is 0 Å². The number of aromatic nitrogens is 6. The number of fused-ring (bicyclic) bond motifs is 2. The molecule has 228 valence electrons. The van der Waals surface area contributed by atoms with Crippen LogP contribution in [0.15, 0.2) is 67.3 Å². The van der Waals surface area contributed by atoms with E-state index in [2.05, 4.69) is 54.0 Å². The lowest BCUT2D eigenvalue weighted by Gasteiger charge is -2.19. The van der Waals surface area contributed by atoms with Crippen LogP contribution in [0.5, 0.6) is 0 Å². The van der Waals surface area contributed by atoms with Crippen LogP contribution >= 0.6 is 0 Å². The maximum Gasteiger partial charge on any atom is 0.243 e. The van der Waals surface area contributed by atoms with Gasteiger partial charge in [0.15, 0.2) is 5.82 Å². The number of carbonyl (C=O) groups is 2. The van der Waals surface area contributed by atoms with Gasteiger partial charge in [-0.2, -0.15) is 0 Å². The number of benzene rings is 1. The largest absolute Gasteiger partial charge is 0.352 e. The number of hydrogen-bond donors (Lipinski definition) is 3. The fraction of sp³-hybridized carbons (Fsp3) is 0.364. The quantitative estimate of drug-likeness (QED) is 0.179. The number of aromatic amines is 1. The van der Waals surface area contributed by atoms with Crippen molar-refractivity contribution in [2.45, 2.75) is 38.3 Å². The number of pyridine rings is 1. The van der Waals surface area contributed by atoms with E-state index in [9.17, 15) is 9.59 Å². The first-order valence-electron chi connectivity index (χ1n) is 15.1. The van der Waals surface area contributed by atoms with Crippen LogP contribution in [0.1, 0.15) is 36.6 Å². The first kappa shape index (κ1) is 29.3. The number of carbonyl (C=O) groups excluding carboxylic acids is 2. The molecule has 11 heteroatoms.